The molecule has 27 heteroatoms. The molecule has 1 unspecified atom stereocenters. The number of H-pyrrole nitrogens is 1. The quantitative estimate of drug-likeness (QED) is 0.0261. The Morgan fingerprint density at radius 3 is 1.69 bits per heavy atom. The van der Waals surface area contributed by atoms with Gasteiger partial charge in [-0.05, 0) is 73.6 Å². The molecule has 0 bridgehead atoms. The molecule has 12 amide bonds. The Hall–Kier alpha value is -9.24. The van der Waals surface area contributed by atoms with E-state index in [0.29, 0.717) is 18.4 Å². The van der Waals surface area contributed by atoms with E-state index in [1.807, 2.05) is 24.3 Å². The van der Waals surface area contributed by atoms with Gasteiger partial charge >= 0.3 is 0 Å². The van der Waals surface area contributed by atoms with Crippen molar-refractivity contribution in [3.8, 4) is 0 Å². The molecule has 16 N–H and O–H groups in total. The van der Waals surface area contributed by atoms with E-state index in [-0.39, 0.29) is 45.2 Å². The SMILES string of the molecule is CC(C)[C@H](NC(=O)[C@H](CC(N)=O)NC(=O)[C@@H](NC(=O)[C@@H]1CCCN1C(=O)[C@@H](NC(=O)[C@@H](N)Cc1c[nH]c2ccccc12)C(C)C)C(C)O)C(=O)NCC(=O)N1CCC[C@H]1C(=O)N[C@@H](Cc1ccccc1)C(=O)NCC(=O)N[C@@H](Cc1ccccc1)C(N)=O. The molecule has 3 aromatic carbocycles. The lowest BCUT2D eigenvalue weighted by Crippen LogP contribution is -2.62. The number of carbonyl (C=O) groups excluding carboxylic acids is 12. The smallest absolute Gasteiger partial charge is 0.246 e. The van der Waals surface area contributed by atoms with Gasteiger partial charge in [0.05, 0.1) is 31.7 Å². The number of hydrogen-bond donors (Lipinski definition) is 13. The number of aromatic nitrogens is 1. The molecule has 10 atom stereocenters. The van der Waals surface area contributed by atoms with Crippen LogP contribution in [0.4, 0.5) is 0 Å². The number of primary amides is 2. The van der Waals surface area contributed by atoms with Crippen LogP contribution >= 0.6 is 0 Å². The minimum Gasteiger partial charge on any atom is -0.391 e. The van der Waals surface area contributed by atoms with Crippen molar-refractivity contribution in [2.24, 2.45) is 29.0 Å². The summed E-state index contributed by atoms with van der Waals surface area (Å²) in [6.45, 7) is 6.81. The highest BCUT2D eigenvalue weighted by molar-refractivity contribution is 6.00. The van der Waals surface area contributed by atoms with Gasteiger partial charge in [-0.3, -0.25) is 57.5 Å². The molecular weight excluding hydrogens is 1140 g/mol. The van der Waals surface area contributed by atoms with Crippen molar-refractivity contribution in [1.29, 1.82) is 0 Å². The van der Waals surface area contributed by atoms with E-state index >= 15 is 0 Å². The van der Waals surface area contributed by atoms with Gasteiger partial charge in [0.1, 0.15) is 48.3 Å². The van der Waals surface area contributed by atoms with Crippen LogP contribution in [0.5, 0.6) is 0 Å². The summed E-state index contributed by atoms with van der Waals surface area (Å²) in [5.74, 6) is -10.8. The molecule has 3 heterocycles. The summed E-state index contributed by atoms with van der Waals surface area (Å²) in [4.78, 5) is 168. The maximum Gasteiger partial charge on any atom is 0.246 e. The van der Waals surface area contributed by atoms with E-state index in [4.69, 9.17) is 17.2 Å². The Bertz CT molecular complexity index is 3160. The minimum absolute atomic E-state index is 0.00371. The van der Waals surface area contributed by atoms with E-state index in [1.165, 1.54) is 16.7 Å². The molecule has 0 saturated carbocycles. The normalized spacial score (nSPS) is 17.5. The highest BCUT2D eigenvalue weighted by Crippen LogP contribution is 2.23. The first-order valence-electron chi connectivity index (χ1n) is 29.4. The van der Waals surface area contributed by atoms with Crippen molar-refractivity contribution in [3.05, 3.63) is 108 Å². The third-order valence-electron chi connectivity index (χ3n) is 15.5. The van der Waals surface area contributed by atoms with Crippen LogP contribution in [-0.4, -0.2) is 177 Å². The summed E-state index contributed by atoms with van der Waals surface area (Å²) in [5.41, 5.74) is 20.5. The maximum absolute atomic E-state index is 14.2. The van der Waals surface area contributed by atoms with E-state index in [2.05, 4.69) is 47.5 Å². The summed E-state index contributed by atoms with van der Waals surface area (Å²) in [5, 5.41) is 32.0. The van der Waals surface area contributed by atoms with E-state index in [0.717, 1.165) is 22.0 Å². The molecule has 4 aromatic rings. The Labute approximate surface area is 509 Å². The average Bonchev–Trinajstić information content (AvgIpc) is 4.37. The van der Waals surface area contributed by atoms with Crippen LogP contribution in [-0.2, 0) is 76.8 Å². The van der Waals surface area contributed by atoms with Crippen molar-refractivity contribution in [1.82, 2.24) is 57.3 Å². The van der Waals surface area contributed by atoms with Gasteiger partial charge < -0.3 is 79.6 Å². The Morgan fingerprint density at radius 2 is 1.10 bits per heavy atom. The van der Waals surface area contributed by atoms with Gasteiger partial charge in [-0.2, -0.15) is 0 Å². The fraction of sp³-hybridized carbons (Fsp3) is 0.475. The van der Waals surface area contributed by atoms with Crippen molar-refractivity contribution in [2.75, 3.05) is 26.2 Å². The van der Waals surface area contributed by atoms with E-state index in [1.54, 1.807) is 94.6 Å². The van der Waals surface area contributed by atoms with Crippen LogP contribution in [0.2, 0.25) is 0 Å². The summed E-state index contributed by atoms with van der Waals surface area (Å²) < 4.78 is 0. The molecule has 27 nitrogen and oxygen atoms in total. The van der Waals surface area contributed by atoms with Crippen molar-refractivity contribution in [3.63, 3.8) is 0 Å². The molecule has 474 valence electrons. The lowest BCUT2D eigenvalue weighted by Gasteiger charge is -2.32. The Kier molecular flexibility index (Phi) is 24.6. The molecule has 2 fully saturated rings. The second-order valence-electron chi connectivity index (χ2n) is 22.9. The molecular formula is C61H82N14O13. The van der Waals surface area contributed by atoms with Gasteiger partial charge in [0.25, 0.3) is 0 Å². The van der Waals surface area contributed by atoms with Crippen molar-refractivity contribution >= 4 is 81.8 Å². The van der Waals surface area contributed by atoms with Gasteiger partial charge in [-0.1, -0.05) is 107 Å². The maximum atomic E-state index is 14.2. The number of para-hydroxylation sites is 1. The van der Waals surface area contributed by atoms with Gasteiger partial charge in [0.2, 0.25) is 70.9 Å². The second kappa shape index (κ2) is 31.9. The highest BCUT2D eigenvalue weighted by atomic mass is 16.3. The van der Waals surface area contributed by atoms with Crippen molar-refractivity contribution < 1.29 is 62.6 Å². The number of rotatable bonds is 30. The van der Waals surface area contributed by atoms with Crippen molar-refractivity contribution in [2.45, 2.75) is 146 Å². The van der Waals surface area contributed by atoms with E-state index < -0.39 is 163 Å². The summed E-state index contributed by atoms with van der Waals surface area (Å²) in [6.07, 6.45) is 0.783. The monoisotopic (exact) mass is 1220 g/mol. The molecule has 0 aliphatic carbocycles. The number of aromatic amines is 1. The topological polar surface area (TPSA) is 422 Å². The second-order valence-corrected chi connectivity index (χ2v) is 22.9. The summed E-state index contributed by atoms with van der Waals surface area (Å²) in [7, 11) is 0. The van der Waals surface area contributed by atoms with Crippen LogP contribution in [0.15, 0.2) is 91.1 Å². The molecule has 2 aliphatic rings. The van der Waals surface area contributed by atoms with Gasteiger partial charge in [0, 0.05) is 43.0 Å². The number of carbonyl (C=O) groups is 12. The lowest BCUT2D eigenvalue weighted by molar-refractivity contribution is -0.143. The van der Waals surface area contributed by atoms with E-state index in [9.17, 15) is 62.6 Å². The predicted molar refractivity (Wildman–Crippen MR) is 322 cm³/mol. The number of benzene rings is 3. The Balaban J connectivity index is 1.03. The van der Waals surface area contributed by atoms with Gasteiger partial charge in [-0.15, -0.1) is 0 Å². The third kappa shape index (κ3) is 18.9. The average molecular weight is 1220 g/mol. The van der Waals surface area contributed by atoms with Gasteiger partial charge in [-0.25, -0.2) is 0 Å². The number of aliphatic hydroxyl groups excluding tert-OH is 1. The van der Waals surface area contributed by atoms with Crippen LogP contribution in [0.3, 0.4) is 0 Å². The zero-order valence-corrected chi connectivity index (χ0v) is 50.0. The summed E-state index contributed by atoms with van der Waals surface area (Å²) >= 11 is 0. The molecule has 88 heavy (non-hydrogen) atoms. The minimum atomic E-state index is -1.76. The van der Waals surface area contributed by atoms with Crippen LogP contribution < -0.4 is 59.7 Å². The number of nitrogens with one attached hydrogen (secondary N) is 9. The molecule has 2 aliphatic heterocycles. The number of amides is 12. The molecule has 2 saturated heterocycles. The first kappa shape index (κ1) is 67.9. The first-order valence-corrected chi connectivity index (χ1v) is 29.4. The zero-order chi connectivity index (χ0) is 64.4. The van der Waals surface area contributed by atoms with Crippen LogP contribution in [0.1, 0.15) is 83.4 Å². The zero-order valence-electron chi connectivity index (χ0n) is 50.0. The number of hydrogen-bond acceptors (Lipinski definition) is 14. The Morgan fingerprint density at radius 1 is 0.557 bits per heavy atom. The number of aliphatic hydroxyl groups is 1. The largest absolute Gasteiger partial charge is 0.391 e. The van der Waals surface area contributed by atoms with Gasteiger partial charge in [0.15, 0.2) is 0 Å². The number of fused-ring (bicyclic) bond motifs is 1. The lowest BCUT2D eigenvalue weighted by atomic mass is 10.00. The molecule has 0 spiro atoms. The fourth-order valence-corrected chi connectivity index (χ4v) is 10.6. The number of nitrogens with two attached hydrogens (primary N) is 3. The molecule has 1 aromatic heterocycles. The van der Waals surface area contributed by atoms with Crippen LogP contribution in [0, 0.1) is 11.8 Å². The number of nitrogens with zero attached hydrogens (tertiary/aromatic N) is 2. The highest BCUT2D eigenvalue weighted by Gasteiger charge is 2.42. The summed E-state index contributed by atoms with van der Waals surface area (Å²) in [6, 6.07) is 13.6. The standard InChI is InChI=1S/C61H82N14O13/c1-33(2)50(59(86)67-32-49(79)74-24-14-22-45(74)57(84)69-43(27-37-18-10-7-11-19-37)55(82)66-31-48(78)68-42(53(64)80)26-36-16-8-6-9-17-36)71-56(83)44(29-47(63)77)70-60(87)52(35(5)76)73-58(85)46-23-15-25-75(46)61(88)51(34(3)4)72-54(81)40(62)28-38-30-65-41-21-13-12-20-39(38)41/h6-13,16-21,30,33-35,40,42-46,50-52,65,76H,14-15,22-29,31-32,62H2,1-5H3,(H2,63,77)(H2,64,80)(H,66,82)(H,67,86)(H,68,78)(H,69,84)(H,70,87)(H,71,83)(H,72,81)(H,73,85)/t35?,40-,42-,43-,44-,45-,46-,50-,51-,52-/m0/s1. The third-order valence-corrected chi connectivity index (χ3v) is 15.5. The molecule has 0 radical (unpaired) electrons. The molecule has 6 rings (SSSR count). The first-order chi connectivity index (χ1) is 41.8. The number of likely N-dealkylation sites (tertiary alicyclic amines) is 2. The predicted octanol–water partition coefficient (Wildman–Crippen LogP) is -2.30. The fourth-order valence-electron chi connectivity index (χ4n) is 10.6. The van der Waals surface area contributed by atoms with Crippen LogP contribution in [0.25, 0.3) is 10.9 Å².